The van der Waals surface area contributed by atoms with E-state index in [9.17, 15) is 4.79 Å². The van der Waals surface area contributed by atoms with Crippen LogP contribution in [-0.2, 0) is 6.42 Å². The maximum absolute atomic E-state index is 12.0. The van der Waals surface area contributed by atoms with Crippen molar-refractivity contribution in [1.82, 2.24) is 4.98 Å². The topological polar surface area (TPSA) is 82.0 Å². The third kappa shape index (κ3) is 2.60. The number of carbonyl (C=O) groups excluding carboxylic acids is 1. The van der Waals surface area contributed by atoms with Gasteiger partial charge in [0.15, 0.2) is 5.78 Å². The van der Waals surface area contributed by atoms with Gasteiger partial charge in [-0.25, -0.2) is 4.98 Å². The molecule has 0 saturated carbocycles. The van der Waals surface area contributed by atoms with Gasteiger partial charge in [-0.3, -0.25) is 4.79 Å². The number of nitrogen functional groups attached to an aromatic ring is 2. The summed E-state index contributed by atoms with van der Waals surface area (Å²) in [6.07, 6.45) is 1.84. The average Bonchev–Trinajstić information content (AvgIpc) is 2.32. The Kier molecular flexibility index (Phi) is 3.05. The van der Waals surface area contributed by atoms with Gasteiger partial charge in [-0.1, -0.05) is 18.2 Å². The van der Waals surface area contributed by atoms with Crippen molar-refractivity contribution >= 4 is 17.3 Å². The molecule has 0 atom stereocenters. The summed E-state index contributed by atoms with van der Waals surface area (Å²) in [5.74, 6) is 0.377. The molecule has 0 aliphatic carbocycles. The Labute approximate surface area is 99.3 Å². The molecule has 86 valence electrons. The van der Waals surface area contributed by atoms with Crippen LogP contribution >= 0.6 is 0 Å². The minimum absolute atomic E-state index is 0.0167. The molecular weight excluding hydrogens is 214 g/mol. The number of hydrogen-bond acceptors (Lipinski definition) is 4. The summed E-state index contributed by atoms with van der Waals surface area (Å²) in [6, 6.07) is 10.5. The van der Waals surface area contributed by atoms with Gasteiger partial charge < -0.3 is 11.5 Å². The minimum Gasteiger partial charge on any atom is -0.399 e. The molecule has 0 bridgehead atoms. The summed E-state index contributed by atoms with van der Waals surface area (Å²) < 4.78 is 0. The molecule has 0 amide bonds. The molecule has 0 spiro atoms. The van der Waals surface area contributed by atoms with E-state index in [1.165, 1.54) is 0 Å². The van der Waals surface area contributed by atoms with Crippen LogP contribution in [0, 0.1) is 0 Å². The molecule has 4 nitrogen and oxygen atoms in total. The van der Waals surface area contributed by atoms with E-state index in [0.29, 0.717) is 17.1 Å². The van der Waals surface area contributed by atoms with Gasteiger partial charge in [0.1, 0.15) is 5.82 Å². The molecular formula is C13H13N3O. The maximum atomic E-state index is 12.0. The van der Waals surface area contributed by atoms with Crippen molar-refractivity contribution in [2.24, 2.45) is 0 Å². The number of nitrogens with two attached hydrogens (primary N) is 2. The van der Waals surface area contributed by atoms with Gasteiger partial charge in [0, 0.05) is 29.4 Å². The lowest BCUT2D eigenvalue weighted by Gasteiger charge is -2.04. The van der Waals surface area contributed by atoms with Crippen molar-refractivity contribution in [3.63, 3.8) is 0 Å². The molecule has 0 aliphatic rings. The van der Waals surface area contributed by atoms with Crippen LogP contribution < -0.4 is 11.5 Å². The van der Waals surface area contributed by atoms with E-state index in [4.69, 9.17) is 11.5 Å². The second-order valence-corrected chi connectivity index (χ2v) is 3.77. The highest BCUT2D eigenvalue weighted by Crippen LogP contribution is 2.13. The first-order valence-electron chi connectivity index (χ1n) is 5.25. The minimum atomic E-state index is -0.0167. The summed E-state index contributed by atoms with van der Waals surface area (Å²) in [4.78, 5) is 15.9. The molecule has 4 heteroatoms. The van der Waals surface area contributed by atoms with Crippen LogP contribution in [0.3, 0.4) is 0 Å². The summed E-state index contributed by atoms with van der Waals surface area (Å²) in [5.41, 5.74) is 13.2. The molecule has 4 N–H and O–H groups in total. The number of carbonyl (C=O) groups is 1. The van der Waals surface area contributed by atoms with Gasteiger partial charge in [0.05, 0.1) is 0 Å². The second-order valence-electron chi connectivity index (χ2n) is 3.77. The zero-order chi connectivity index (χ0) is 12.3. The van der Waals surface area contributed by atoms with Crippen LogP contribution in [0.5, 0.6) is 0 Å². The Morgan fingerprint density at radius 1 is 1.18 bits per heavy atom. The first kappa shape index (κ1) is 11.1. The zero-order valence-electron chi connectivity index (χ0n) is 9.26. The van der Waals surface area contributed by atoms with E-state index in [2.05, 4.69) is 4.98 Å². The van der Waals surface area contributed by atoms with Crippen molar-refractivity contribution in [3.05, 3.63) is 53.7 Å². The number of hydrogen-bond donors (Lipinski definition) is 2. The molecule has 17 heavy (non-hydrogen) atoms. The van der Waals surface area contributed by atoms with Crippen LogP contribution in [0.4, 0.5) is 11.5 Å². The van der Waals surface area contributed by atoms with Gasteiger partial charge in [0.2, 0.25) is 0 Å². The highest BCUT2D eigenvalue weighted by molar-refractivity contribution is 5.98. The maximum Gasteiger partial charge on any atom is 0.167 e. The van der Waals surface area contributed by atoms with Crippen molar-refractivity contribution in [3.8, 4) is 0 Å². The number of Topliss-reactive ketones (excluding diaryl/α,β-unsaturated/α-hetero) is 1. The molecule has 1 heterocycles. The van der Waals surface area contributed by atoms with Gasteiger partial charge in [-0.05, 0) is 18.2 Å². The van der Waals surface area contributed by atoms with Crippen molar-refractivity contribution in [2.45, 2.75) is 6.42 Å². The number of nitrogens with zero attached hydrogens (tertiary/aromatic N) is 1. The number of benzene rings is 1. The summed E-state index contributed by atoms with van der Waals surface area (Å²) in [7, 11) is 0. The summed E-state index contributed by atoms with van der Waals surface area (Å²) in [5, 5.41) is 0. The molecule has 2 rings (SSSR count). The number of aromatic nitrogens is 1. The molecule has 2 aromatic rings. The highest BCUT2D eigenvalue weighted by Gasteiger charge is 2.09. The van der Waals surface area contributed by atoms with Crippen LogP contribution in [0.15, 0.2) is 42.6 Å². The molecule has 1 aromatic heterocycles. The normalized spacial score (nSPS) is 10.1. The molecule has 0 fully saturated rings. The molecule has 0 saturated heterocycles. The summed E-state index contributed by atoms with van der Waals surface area (Å²) >= 11 is 0. The smallest absolute Gasteiger partial charge is 0.167 e. The van der Waals surface area contributed by atoms with Crippen LogP contribution in [0.25, 0.3) is 0 Å². The largest absolute Gasteiger partial charge is 0.399 e. The first-order chi connectivity index (χ1) is 8.16. The Morgan fingerprint density at radius 2 is 2.00 bits per heavy atom. The van der Waals surface area contributed by atoms with E-state index in [-0.39, 0.29) is 12.2 Å². The SMILES string of the molecule is Nc1cccc(C(=O)Cc2cccnc2N)c1. The number of anilines is 2. The van der Waals surface area contributed by atoms with E-state index in [1.807, 2.05) is 0 Å². The Bertz CT molecular complexity index is 552. The summed E-state index contributed by atoms with van der Waals surface area (Å²) in [6.45, 7) is 0. The predicted octanol–water partition coefficient (Wildman–Crippen LogP) is 1.67. The van der Waals surface area contributed by atoms with Gasteiger partial charge >= 0.3 is 0 Å². The first-order valence-corrected chi connectivity index (χ1v) is 5.25. The van der Waals surface area contributed by atoms with Crippen molar-refractivity contribution < 1.29 is 4.79 Å². The molecule has 0 radical (unpaired) electrons. The number of ketones is 1. The van der Waals surface area contributed by atoms with Crippen LogP contribution in [0.2, 0.25) is 0 Å². The highest BCUT2D eigenvalue weighted by atomic mass is 16.1. The van der Waals surface area contributed by atoms with Gasteiger partial charge in [0.25, 0.3) is 0 Å². The third-order valence-corrected chi connectivity index (χ3v) is 2.49. The fourth-order valence-electron chi connectivity index (χ4n) is 1.59. The lowest BCUT2D eigenvalue weighted by atomic mass is 10.0. The predicted molar refractivity (Wildman–Crippen MR) is 67.5 cm³/mol. The zero-order valence-corrected chi connectivity index (χ0v) is 9.26. The number of pyridine rings is 1. The Morgan fingerprint density at radius 3 is 2.71 bits per heavy atom. The standard InChI is InChI=1S/C13H13N3O/c14-11-5-1-3-9(7-11)12(17)8-10-4-2-6-16-13(10)15/h1-7H,8,14H2,(H2,15,16). The van der Waals surface area contributed by atoms with Crippen molar-refractivity contribution in [1.29, 1.82) is 0 Å². The molecule has 0 aliphatic heterocycles. The lowest BCUT2D eigenvalue weighted by molar-refractivity contribution is 0.0993. The molecule has 0 unspecified atom stereocenters. The second kappa shape index (κ2) is 4.65. The van der Waals surface area contributed by atoms with E-state index < -0.39 is 0 Å². The Hall–Kier alpha value is -2.36. The average molecular weight is 227 g/mol. The van der Waals surface area contributed by atoms with Crippen LogP contribution in [0.1, 0.15) is 15.9 Å². The Balaban J connectivity index is 2.20. The lowest BCUT2D eigenvalue weighted by Crippen LogP contribution is -2.07. The van der Waals surface area contributed by atoms with Crippen LogP contribution in [-0.4, -0.2) is 10.8 Å². The van der Waals surface area contributed by atoms with E-state index >= 15 is 0 Å². The van der Waals surface area contributed by atoms with Crippen molar-refractivity contribution in [2.75, 3.05) is 11.5 Å². The quantitative estimate of drug-likeness (QED) is 0.617. The molecule has 1 aromatic carbocycles. The van der Waals surface area contributed by atoms with E-state index in [1.54, 1.807) is 42.6 Å². The monoisotopic (exact) mass is 227 g/mol. The van der Waals surface area contributed by atoms with E-state index in [0.717, 1.165) is 5.56 Å². The third-order valence-electron chi connectivity index (χ3n) is 2.49. The van der Waals surface area contributed by atoms with Gasteiger partial charge in [-0.15, -0.1) is 0 Å². The fraction of sp³-hybridized carbons (Fsp3) is 0.0769. The fourth-order valence-corrected chi connectivity index (χ4v) is 1.59. The number of rotatable bonds is 3. The van der Waals surface area contributed by atoms with Gasteiger partial charge in [-0.2, -0.15) is 0 Å².